The van der Waals surface area contributed by atoms with E-state index >= 15 is 0 Å². The number of halogens is 2. The zero-order chi connectivity index (χ0) is 13.0. The Balaban J connectivity index is 1.76. The predicted octanol–water partition coefficient (Wildman–Crippen LogP) is 2.08. The predicted molar refractivity (Wildman–Crippen MR) is 76.0 cm³/mol. The van der Waals surface area contributed by atoms with Gasteiger partial charge in [0.1, 0.15) is 0 Å². The third-order valence-electron chi connectivity index (χ3n) is 3.86. The van der Waals surface area contributed by atoms with Crippen LogP contribution in [0.2, 0.25) is 0 Å². The van der Waals surface area contributed by atoms with Crippen molar-refractivity contribution in [1.29, 1.82) is 0 Å². The molecular formula is C13H22Cl2N2O. The first-order valence-corrected chi connectivity index (χ1v) is 7.56. The van der Waals surface area contributed by atoms with E-state index in [-0.39, 0.29) is 6.10 Å². The quantitative estimate of drug-likeness (QED) is 0.860. The van der Waals surface area contributed by atoms with Crippen molar-refractivity contribution in [1.82, 2.24) is 9.80 Å². The minimum atomic E-state index is -0.113. The summed E-state index contributed by atoms with van der Waals surface area (Å²) in [5.41, 5.74) is 1.46. The van der Waals surface area contributed by atoms with Gasteiger partial charge >= 0.3 is 0 Å². The number of hydrogen-bond donors (Lipinski definition) is 1. The van der Waals surface area contributed by atoms with Gasteiger partial charge in [-0.05, 0) is 31.7 Å². The number of rotatable bonds is 4. The van der Waals surface area contributed by atoms with Crippen molar-refractivity contribution in [3.63, 3.8) is 0 Å². The van der Waals surface area contributed by atoms with Crippen LogP contribution in [-0.2, 0) is 0 Å². The van der Waals surface area contributed by atoms with E-state index in [1.807, 2.05) is 0 Å². The van der Waals surface area contributed by atoms with Crippen molar-refractivity contribution in [3.8, 4) is 0 Å². The molecule has 0 aliphatic carbocycles. The highest BCUT2D eigenvalue weighted by Crippen LogP contribution is 2.21. The van der Waals surface area contributed by atoms with Crippen molar-refractivity contribution in [2.45, 2.75) is 25.4 Å². The third-order valence-corrected chi connectivity index (χ3v) is 4.46. The van der Waals surface area contributed by atoms with Crippen LogP contribution in [-0.4, -0.2) is 60.3 Å². The Kier molecular flexibility index (Phi) is 5.77. The van der Waals surface area contributed by atoms with Gasteiger partial charge in [0.05, 0.1) is 6.10 Å². The van der Waals surface area contributed by atoms with Crippen molar-refractivity contribution < 1.29 is 5.11 Å². The fraction of sp³-hybridized carbons (Fsp3) is 0.846. The topological polar surface area (TPSA) is 26.7 Å². The van der Waals surface area contributed by atoms with Gasteiger partial charge < -0.3 is 10.0 Å². The zero-order valence-electron chi connectivity index (χ0n) is 10.7. The molecule has 3 nitrogen and oxygen atoms in total. The highest BCUT2D eigenvalue weighted by atomic mass is 35.5. The van der Waals surface area contributed by atoms with Gasteiger partial charge in [-0.25, -0.2) is 0 Å². The van der Waals surface area contributed by atoms with Crippen LogP contribution in [0.3, 0.4) is 0 Å². The van der Waals surface area contributed by atoms with Crippen LogP contribution in [0, 0.1) is 5.92 Å². The summed E-state index contributed by atoms with van der Waals surface area (Å²) in [5.74, 6) is 0.698. The van der Waals surface area contributed by atoms with E-state index in [2.05, 4.69) is 9.80 Å². The normalized spacial score (nSPS) is 32.1. The Morgan fingerprint density at radius 1 is 1.22 bits per heavy atom. The standard InChI is InChI=1S/C13H22Cl2N2O/c14-6-12(15)9-16-4-1-2-11(7-16)8-17-5-3-13(18)10-17/h6,11,13,18H,1-5,7-10H2. The number of β-amino-alcohol motifs (C(OH)–C–C–N with tert-alkyl or cyclic N) is 1. The molecule has 0 aromatic heterocycles. The first-order valence-electron chi connectivity index (χ1n) is 6.75. The summed E-state index contributed by atoms with van der Waals surface area (Å²) < 4.78 is 0. The molecule has 2 rings (SSSR count). The van der Waals surface area contributed by atoms with Crippen molar-refractivity contribution in [2.24, 2.45) is 5.92 Å². The average Bonchev–Trinajstić information content (AvgIpc) is 2.75. The van der Waals surface area contributed by atoms with E-state index < -0.39 is 0 Å². The molecule has 104 valence electrons. The van der Waals surface area contributed by atoms with E-state index in [1.54, 1.807) is 0 Å². The Hall–Kier alpha value is 0.200. The van der Waals surface area contributed by atoms with Crippen LogP contribution in [0.15, 0.2) is 10.6 Å². The summed E-state index contributed by atoms with van der Waals surface area (Å²) in [6.07, 6.45) is 3.33. The Labute approximate surface area is 119 Å². The number of likely N-dealkylation sites (tertiary alicyclic amines) is 2. The maximum absolute atomic E-state index is 9.54. The van der Waals surface area contributed by atoms with Crippen LogP contribution < -0.4 is 0 Å². The van der Waals surface area contributed by atoms with Gasteiger partial charge in [0.2, 0.25) is 0 Å². The second-order valence-electron chi connectivity index (χ2n) is 5.50. The maximum Gasteiger partial charge on any atom is 0.0679 e. The van der Waals surface area contributed by atoms with Crippen molar-refractivity contribution >= 4 is 23.2 Å². The Bertz CT molecular complexity index is 299. The van der Waals surface area contributed by atoms with Gasteiger partial charge in [-0.1, -0.05) is 23.2 Å². The molecular weight excluding hydrogens is 271 g/mol. The fourth-order valence-electron chi connectivity index (χ4n) is 3.04. The van der Waals surface area contributed by atoms with Crippen LogP contribution in [0.4, 0.5) is 0 Å². The molecule has 0 aromatic carbocycles. The van der Waals surface area contributed by atoms with E-state index in [4.69, 9.17) is 23.2 Å². The number of piperidine rings is 1. The number of aliphatic hydroxyl groups is 1. The fourth-order valence-corrected chi connectivity index (χ4v) is 3.27. The largest absolute Gasteiger partial charge is 0.392 e. The van der Waals surface area contributed by atoms with Gasteiger partial charge in [-0.2, -0.15) is 0 Å². The number of hydrogen-bond acceptors (Lipinski definition) is 3. The minimum Gasteiger partial charge on any atom is -0.392 e. The molecule has 0 amide bonds. The van der Waals surface area contributed by atoms with E-state index in [0.717, 1.165) is 45.7 Å². The molecule has 2 aliphatic rings. The monoisotopic (exact) mass is 292 g/mol. The highest BCUT2D eigenvalue weighted by molar-refractivity contribution is 6.36. The van der Waals surface area contributed by atoms with Crippen LogP contribution in [0.1, 0.15) is 19.3 Å². The molecule has 2 saturated heterocycles. The number of aliphatic hydroxyl groups excluding tert-OH is 1. The lowest BCUT2D eigenvalue weighted by atomic mass is 9.97. The average molecular weight is 293 g/mol. The van der Waals surface area contributed by atoms with Gasteiger partial charge in [0, 0.05) is 43.3 Å². The van der Waals surface area contributed by atoms with E-state index in [0.29, 0.717) is 11.0 Å². The summed E-state index contributed by atoms with van der Waals surface area (Å²) in [7, 11) is 0. The minimum absolute atomic E-state index is 0.113. The van der Waals surface area contributed by atoms with Crippen LogP contribution in [0.5, 0.6) is 0 Å². The molecule has 0 bridgehead atoms. The smallest absolute Gasteiger partial charge is 0.0679 e. The van der Waals surface area contributed by atoms with Crippen molar-refractivity contribution in [2.75, 3.05) is 39.3 Å². The first-order chi connectivity index (χ1) is 8.67. The van der Waals surface area contributed by atoms with Gasteiger partial charge in [-0.3, -0.25) is 4.90 Å². The van der Waals surface area contributed by atoms with Crippen LogP contribution in [0.25, 0.3) is 0 Å². The molecule has 0 aromatic rings. The van der Waals surface area contributed by atoms with Crippen LogP contribution >= 0.6 is 23.2 Å². The first kappa shape index (κ1) is 14.6. The summed E-state index contributed by atoms with van der Waals surface area (Å²) >= 11 is 11.6. The Morgan fingerprint density at radius 3 is 2.72 bits per heavy atom. The maximum atomic E-state index is 9.54. The molecule has 2 aliphatic heterocycles. The van der Waals surface area contributed by atoms with Crippen molar-refractivity contribution in [3.05, 3.63) is 10.6 Å². The molecule has 18 heavy (non-hydrogen) atoms. The molecule has 2 unspecified atom stereocenters. The molecule has 2 fully saturated rings. The lowest BCUT2D eigenvalue weighted by Gasteiger charge is -2.34. The summed E-state index contributed by atoms with van der Waals surface area (Å²) in [4.78, 5) is 4.76. The molecule has 0 radical (unpaired) electrons. The molecule has 0 spiro atoms. The van der Waals surface area contributed by atoms with Gasteiger partial charge in [-0.15, -0.1) is 0 Å². The second-order valence-corrected chi connectivity index (χ2v) is 6.21. The van der Waals surface area contributed by atoms with Gasteiger partial charge in [0.25, 0.3) is 0 Å². The second kappa shape index (κ2) is 7.11. The lowest BCUT2D eigenvalue weighted by molar-refractivity contribution is 0.136. The molecule has 1 N–H and O–H groups in total. The summed E-state index contributed by atoms with van der Waals surface area (Å²) in [5, 5.41) is 10.3. The third kappa shape index (κ3) is 4.39. The number of nitrogens with zero attached hydrogens (tertiary/aromatic N) is 2. The molecule has 2 heterocycles. The van der Waals surface area contributed by atoms with E-state index in [9.17, 15) is 5.11 Å². The Morgan fingerprint density at radius 2 is 2.06 bits per heavy atom. The molecule has 0 saturated carbocycles. The summed E-state index contributed by atoms with van der Waals surface area (Å²) in [6.45, 7) is 5.96. The molecule has 5 heteroatoms. The summed E-state index contributed by atoms with van der Waals surface area (Å²) in [6, 6.07) is 0. The molecule has 2 atom stereocenters. The van der Waals surface area contributed by atoms with Gasteiger partial charge in [0.15, 0.2) is 0 Å². The zero-order valence-corrected chi connectivity index (χ0v) is 12.2. The highest BCUT2D eigenvalue weighted by Gasteiger charge is 2.26. The SMILES string of the molecule is OC1CCN(CC2CCCN(CC(Cl)=CCl)C2)C1. The van der Waals surface area contributed by atoms with E-state index in [1.165, 1.54) is 18.4 Å². The lowest BCUT2D eigenvalue weighted by Crippen LogP contribution is -2.41.